The zero-order valence-corrected chi connectivity index (χ0v) is 10.5. The van der Waals surface area contributed by atoms with E-state index in [0.717, 1.165) is 0 Å². The minimum atomic E-state index is -0.607. The zero-order valence-electron chi connectivity index (χ0n) is 10.5. The molecule has 9 heteroatoms. The molecule has 0 aliphatic heterocycles. The van der Waals surface area contributed by atoms with E-state index in [-0.39, 0.29) is 29.7 Å². The molecule has 0 atom stereocenters. The fraction of sp³-hybridized carbons (Fsp3) is 0.500. The Bertz CT molecular complexity index is 465. The van der Waals surface area contributed by atoms with Crippen molar-refractivity contribution in [1.29, 1.82) is 0 Å². The van der Waals surface area contributed by atoms with Gasteiger partial charge in [0.2, 0.25) is 11.7 Å². The number of hydrogen-bond acceptors (Lipinski definition) is 7. The Morgan fingerprint density at radius 1 is 1.53 bits per heavy atom. The number of anilines is 1. The summed E-state index contributed by atoms with van der Waals surface area (Å²) >= 11 is 0. The molecule has 1 rings (SSSR count). The predicted molar refractivity (Wildman–Crippen MR) is 66.8 cm³/mol. The minimum Gasteiger partial charge on any atom is -0.476 e. The van der Waals surface area contributed by atoms with Crippen molar-refractivity contribution in [1.82, 2.24) is 9.97 Å². The number of nitro groups is 1. The van der Waals surface area contributed by atoms with Crippen LogP contribution in [0.2, 0.25) is 0 Å². The normalized spacial score (nSPS) is 9.95. The van der Waals surface area contributed by atoms with E-state index < -0.39 is 4.92 Å². The molecule has 0 bridgehead atoms. The number of ether oxygens (including phenoxy) is 1. The van der Waals surface area contributed by atoms with Crippen LogP contribution in [0.5, 0.6) is 5.88 Å². The lowest BCUT2D eigenvalue weighted by molar-refractivity contribution is -0.385. The highest BCUT2D eigenvalue weighted by Gasteiger charge is 2.23. The summed E-state index contributed by atoms with van der Waals surface area (Å²) in [6, 6.07) is 0. The fourth-order valence-electron chi connectivity index (χ4n) is 1.44. The van der Waals surface area contributed by atoms with Crippen LogP contribution in [0, 0.1) is 10.1 Å². The predicted octanol–water partition coefficient (Wildman–Crippen LogP) is 0.461. The number of hydrogen-bond donors (Lipinski definition) is 2. The van der Waals surface area contributed by atoms with Crippen molar-refractivity contribution in [3.63, 3.8) is 0 Å². The van der Waals surface area contributed by atoms with Gasteiger partial charge in [-0.3, -0.25) is 14.9 Å². The maximum atomic E-state index is 10.9. The molecule has 0 radical (unpaired) electrons. The van der Waals surface area contributed by atoms with Crippen molar-refractivity contribution < 1.29 is 14.5 Å². The second-order valence-corrected chi connectivity index (χ2v) is 3.69. The molecule has 19 heavy (non-hydrogen) atoms. The number of rotatable bonds is 8. The van der Waals surface area contributed by atoms with Gasteiger partial charge in [0.1, 0.15) is 6.33 Å². The number of carbonyl (C=O) groups is 1. The van der Waals surface area contributed by atoms with Crippen molar-refractivity contribution in [3.05, 3.63) is 16.4 Å². The Morgan fingerprint density at radius 2 is 2.26 bits per heavy atom. The van der Waals surface area contributed by atoms with E-state index in [2.05, 4.69) is 15.3 Å². The lowest BCUT2D eigenvalue weighted by Gasteiger charge is -2.07. The molecule has 1 aromatic rings. The summed E-state index contributed by atoms with van der Waals surface area (Å²) in [5.41, 5.74) is 4.70. The third-order valence-corrected chi connectivity index (χ3v) is 2.31. The molecule has 0 spiro atoms. The highest BCUT2D eigenvalue weighted by Crippen LogP contribution is 2.30. The van der Waals surface area contributed by atoms with E-state index in [1.54, 1.807) is 0 Å². The number of amides is 1. The molecular weight excluding hydrogens is 254 g/mol. The van der Waals surface area contributed by atoms with Crippen LogP contribution in [0.25, 0.3) is 0 Å². The average Bonchev–Trinajstić information content (AvgIpc) is 2.37. The number of methoxy groups -OCH3 is 1. The van der Waals surface area contributed by atoms with Crippen molar-refractivity contribution in [3.8, 4) is 5.88 Å². The van der Waals surface area contributed by atoms with E-state index in [4.69, 9.17) is 10.5 Å². The maximum Gasteiger partial charge on any atom is 0.372 e. The van der Waals surface area contributed by atoms with Gasteiger partial charge in [0.15, 0.2) is 0 Å². The summed E-state index contributed by atoms with van der Waals surface area (Å²) in [6.07, 6.45) is 2.72. The van der Waals surface area contributed by atoms with Gasteiger partial charge in [-0.25, -0.2) is 4.98 Å². The van der Waals surface area contributed by atoms with E-state index in [9.17, 15) is 14.9 Å². The summed E-state index contributed by atoms with van der Waals surface area (Å²) in [4.78, 5) is 28.3. The average molecular weight is 269 g/mol. The van der Waals surface area contributed by atoms with Gasteiger partial charge in [-0.1, -0.05) is 0 Å². The first-order chi connectivity index (χ1) is 9.06. The number of unbranched alkanes of at least 4 members (excludes halogenated alkanes) is 1. The summed E-state index contributed by atoms with van der Waals surface area (Å²) in [5.74, 6) is -0.370. The summed E-state index contributed by atoms with van der Waals surface area (Å²) in [7, 11) is 1.30. The van der Waals surface area contributed by atoms with Gasteiger partial charge in [-0.05, 0) is 12.8 Å². The van der Waals surface area contributed by atoms with Crippen molar-refractivity contribution in [2.45, 2.75) is 19.3 Å². The second kappa shape index (κ2) is 7.09. The molecule has 104 valence electrons. The first-order valence-electron chi connectivity index (χ1n) is 5.61. The third kappa shape index (κ3) is 4.37. The Hall–Kier alpha value is -2.45. The summed E-state index contributed by atoms with van der Waals surface area (Å²) < 4.78 is 4.81. The van der Waals surface area contributed by atoms with Crippen LogP contribution in [-0.4, -0.2) is 34.5 Å². The molecular formula is C10H15N5O4. The minimum absolute atomic E-state index is 0.0934. The largest absolute Gasteiger partial charge is 0.476 e. The van der Waals surface area contributed by atoms with E-state index in [0.29, 0.717) is 19.4 Å². The highest BCUT2D eigenvalue weighted by molar-refractivity contribution is 5.73. The van der Waals surface area contributed by atoms with Crippen molar-refractivity contribution >= 4 is 17.4 Å². The molecule has 0 fully saturated rings. The van der Waals surface area contributed by atoms with Crippen LogP contribution in [0.4, 0.5) is 11.5 Å². The zero-order chi connectivity index (χ0) is 14.3. The molecule has 0 saturated carbocycles. The van der Waals surface area contributed by atoms with Gasteiger partial charge in [0.25, 0.3) is 5.88 Å². The molecule has 0 aromatic carbocycles. The monoisotopic (exact) mass is 269 g/mol. The van der Waals surface area contributed by atoms with Crippen LogP contribution in [-0.2, 0) is 4.79 Å². The first-order valence-corrected chi connectivity index (χ1v) is 5.61. The topological polar surface area (TPSA) is 133 Å². The van der Waals surface area contributed by atoms with Gasteiger partial charge in [-0.15, -0.1) is 0 Å². The quantitative estimate of drug-likeness (QED) is 0.397. The van der Waals surface area contributed by atoms with Crippen LogP contribution in [0.1, 0.15) is 19.3 Å². The van der Waals surface area contributed by atoms with Crippen molar-refractivity contribution in [2.75, 3.05) is 19.0 Å². The van der Waals surface area contributed by atoms with Gasteiger partial charge in [0, 0.05) is 13.0 Å². The Kier molecular flexibility index (Phi) is 5.45. The number of primary amides is 1. The molecule has 1 amide bonds. The standard InChI is InChI=1S/C10H15N5O4/c1-19-10-8(15(17)18)9(13-6-14-10)12-5-3-2-4-7(11)16/h6H,2-5H2,1H3,(H2,11,16)(H,12,13,14). The van der Waals surface area contributed by atoms with Crippen LogP contribution in [0.3, 0.4) is 0 Å². The number of nitrogens with two attached hydrogens (primary N) is 1. The Labute approximate surface area is 109 Å². The third-order valence-electron chi connectivity index (χ3n) is 2.31. The molecule has 1 aromatic heterocycles. The fourth-order valence-corrected chi connectivity index (χ4v) is 1.44. The SMILES string of the molecule is COc1ncnc(NCCCCC(N)=O)c1[N+](=O)[O-]. The number of nitrogens with zero attached hydrogens (tertiary/aromatic N) is 3. The molecule has 0 aliphatic carbocycles. The Balaban J connectivity index is 2.62. The molecule has 3 N–H and O–H groups in total. The Morgan fingerprint density at radius 3 is 2.84 bits per heavy atom. The van der Waals surface area contributed by atoms with Crippen LogP contribution in [0.15, 0.2) is 6.33 Å². The lowest BCUT2D eigenvalue weighted by atomic mass is 10.2. The number of nitrogens with one attached hydrogen (secondary N) is 1. The lowest BCUT2D eigenvalue weighted by Crippen LogP contribution is -2.12. The van der Waals surface area contributed by atoms with Crippen molar-refractivity contribution in [2.24, 2.45) is 5.73 Å². The van der Waals surface area contributed by atoms with Gasteiger partial charge < -0.3 is 15.8 Å². The molecule has 0 unspecified atom stereocenters. The molecule has 0 saturated heterocycles. The van der Waals surface area contributed by atoms with Gasteiger partial charge in [0.05, 0.1) is 12.0 Å². The molecule has 9 nitrogen and oxygen atoms in total. The first kappa shape index (κ1) is 14.6. The van der Waals surface area contributed by atoms with E-state index >= 15 is 0 Å². The van der Waals surface area contributed by atoms with E-state index in [1.807, 2.05) is 0 Å². The summed E-state index contributed by atoms with van der Waals surface area (Å²) in [6.45, 7) is 0.439. The number of carbonyl (C=O) groups excluding carboxylic acids is 1. The number of aromatic nitrogens is 2. The van der Waals surface area contributed by atoms with Gasteiger partial charge >= 0.3 is 5.69 Å². The van der Waals surface area contributed by atoms with Gasteiger partial charge in [-0.2, -0.15) is 4.98 Å². The maximum absolute atomic E-state index is 10.9. The van der Waals surface area contributed by atoms with Crippen LogP contribution < -0.4 is 15.8 Å². The van der Waals surface area contributed by atoms with Crippen LogP contribution >= 0.6 is 0 Å². The smallest absolute Gasteiger partial charge is 0.372 e. The summed E-state index contributed by atoms with van der Waals surface area (Å²) in [5, 5.41) is 13.7. The molecule has 0 aliphatic rings. The second-order valence-electron chi connectivity index (χ2n) is 3.69. The highest BCUT2D eigenvalue weighted by atomic mass is 16.6. The molecule has 1 heterocycles. The van der Waals surface area contributed by atoms with E-state index in [1.165, 1.54) is 13.4 Å².